The van der Waals surface area contributed by atoms with E-state index >= 15 is 0 Å². The minimum absolute atomic E-state index is 0. The number of carbonyl (C=O) groups is 1. The zero-order valence-electron chi connectivity index (χ0n) is 13.6. The van der Waals surface area contributed by atoms with E-state index in [0.717, 1.165) is 26.1 Å². The molecule has 124 valence electrons. The summed E-state index contributed by atoms with van der Waals surface area (Å²) in [5, 5.41) is 3.45. The maximum atomic E-state index is 12.6. The molecular weight excluding hydrogens is 288 g/mol. The molecule has 1 N–H and O–H groups in total. The van der Waals surface area contributed by atoms with Crippen LogP contribution in [0.2, 0.25) is 0 Å². The van der Waals surface area contributed by atoms with Crippen LogP contribution in [0.4, 0.5) is 0 Å². The molecule has 2 aliphatic heterocycles. The summed E-state index contributed by atoms with van der Waals surface area (Å²) in [5.74, 6) is 1.46. The van der Waals surface area contributed by atoms with Gasteiger partial charge in [0.05, 0.1) is 18.8 Å². The summed E-state index contributed by atoms with van der Waals surface area (Å²) in [6.45, 7) is 10.1. The molecule has 21 heavy (non-hydrogen) atoms. The summed E-state index contributed by atoms with van der Waals surface area (Å²) in [7, 11) is 0. The molecule has 2 saturated heterocycles. The van der Waals surface area contributed by atoms with Crippen LogP contribution in [0.3, 0.4) is 0 Å². The van der Waals surface area contributed by atoms with Crippen molar-refractivity contribution in [3.05, 3.63) is 0 Å². The molecule has 0 aromatic rings. The summed E-state index contributed by atoms with van der Waals surface area (Å²) in [6.07, 6.45) is 4.36. The standard InChI is InChI=1S/C16H30N2O2.ClH/c1-4-15-11-20-13(3)10-18(15)16(19)8-12(2)14-6-5-7-17-9-14;/h12-15,17H,4-11H2,1-3H3;1H. The summed E-state index contributed by atoms with van der Waals surface area (Å²) in [5.41, 5.74) is 0. The molecule has 0 aliphatic carbocycles. The molecule has 2 heterocycles. The zero-order valence-corrected chi connectivity index (χ0v) is 14.5. The predicted molar refractivity (Wildman–Crippen MR) is 87.8 cm³/mol. The fourth-order valence-corrected chi connectivity index (χ4v) is 3.41. The van der Waals surface area contributed by atoms with Crippen LogP contribution >= 0.6 is 12.4 Å². The molecule has 0 aromatic carbocycles. The number of piperidine rings is 1. The summed E-state index contributed by atoms with van der Waals surface area (Å²) >= 11 is 0. The van der Waals surface area contributed by atoms with Gasteiger partial charge in [0.25, 0.3) is 0 Å². The SMILES string of the molecule is CCC1COC(C)CN1C(=O)CC(C)C1CCCNC1.Cl. The van der Waals surface area contributed by atoms with Crippen LogP contribution in [0, 0.1) is 11.8 Å². The highest BCUT2D eigenvalue weighted by atomic mass is 35.5. The van der Waals surface area contributed by atoms with Gasteiger partial charge in [0.15, 0.2) is 0 Å². The number of carbonyl (C=O) groups excluding carboxylic acids is 1. The minimum atomic E-state index is 0. The number of amides is 1. The van der Waals surface area contributed by atoms with E-state index in [4.69, 9.17) is 4.74 Å². The van der Waals surface area contributed by atoms with Gasteiger partial charge in [-0.15, -0.1) is 12.4 Å². The molecule has 0 bridgehead atoms. The van der Waals surface area contributed by atoms with Crippen LogP contribution in [0.15, 0.2) is 0 Å². The molecule has 5 heteroatoms. The monoisotopic (exact) mass is 318 g/mol. The number of hydrogen-bond donors (Lipinski definition) is 1. The summed E-state index contributed by atoms with van der Waals surface area (Å²) in [4.78, 5) is 14.7. The second-order valence-corrected chi connectivity index (χ2v) is 6.54. The minimum Gasteiger partial charge on any atom is -0.375 e. The van der Waals surface area contributed by atoms with Crippen molar-refractivity contribution in [3.63, 3.8) is 0 Å². The fourth-order valence-electron chi connectivity index (χ4n) is 3.41. The first-order chi connectivity index (χ1) is 9.61. The predicted octanol–water partition coefficient (Wildman–Crippen LogP) is 2.46. The lowest BCUT2D eigenvalue weighted by atomic mass is 9.85. The number of nitrogens with zero attached hydrogens (tertiary/aromatic N) is 1. The van der Waals surface area contributed by atoms with Crippen molar-refractivity contribution in [2.24, 2.45) is 11.8 Å². The smallest absolute Gasteiger partial charge is 0.223 e. The summed E-state index contributed by atoms with van der Waals surface area (Å²) < 4.78 is 5.68. The second-order valence-electron chi connectivity index (χ2n) is 6.54. The van der Waals surface area contributed by atoms with Gasteiger partial charge in [0.2, 0.25) is 5.91 Å². The highest BCUT2D eigenvalue weighted by molar-refractivity contribution is 5.85. The van der Waals surface area contributed by atoms with E-state index < -0.39 is 0 Å². The topological polar surface area (TPSA) is 41.6 Å². The van der Waals surface area contributed by atoms with Crippen molar-refractivity contribution in [2.45, 2.75) is 58.6 Å². The Labute approximate surface area is 135 Å². The van der Waals surface area contributed by atoms with E-state index in [9.17, 15) is 4.79 Å². The Kier molecular flexibility index (Phi) is 7.99. The average Bonchev–Trinajstić information content (AvgIpc) is 2.48. The Morgan fingerprint density at radius 2 is 2.24 bits per heavy atom. The Morgan fingerprint density at radius 3 is 2.86 bits per heavy atom. The third kappa shape index (κ3) is 5.11. The molecule has 4 unspecified atom stereocenters. The van der Waals surface area contributed by atoms with E-state index in [1.807, 2.05) is 0 Å². The molecule has 4 nitrogen and oxygen atoms in total. The van der Waals surface area contributed by atoms with Crippen molar-refractivity contribution < 1.29 is 9.53 Å². The van der Waals surface area contributed by atoms with Crippen LogP contribution in [-0.2, 0) is 9.53 Å². The lowest BCUT2D eigenvalue weighted by Gasteiger charge is -2.39. The molecule has 0 spiro atoms. The van der Waals surface area contributed by atoms with Gasteiger partial charge in [0.1, 0.15) is 0 Å². The first kappa shape index (κ1) is 18.7. The van der Waals surface area contributed by atoms with Crippen LogP contribution in [0.1, 0.15) is 46.5 Å². The van der Waals surface area contributed by atoms with Crippen LogP contribution in [0.5, 0.6) is 0 Å². The van der Waals surface area contributed by atoms with Crippen LogP contribution in [0.25, 0.3) is 0 Å². The molecule has 2 rings (SSSR count). The van der Waals surface area contributed by atoms with Gasteiger partial charge in [0, 0.05) is 13.0 Å². The van der Waals surface area contributed by atoms with Gasteiger partial charge in [-0.25, -0.2) is 0 Å². The number of rotatable bonds is 4. The van der Waals surface area contributed by atoms with Crippen molar-refractivity contribution in [3.8, 4) is 0 Å². The second kappa shape index (κ2) is 8.96. The van der Waals surface area contributed by atoms with Gasteiger partial charge in [-0.2, -0.15) is 0 Å². The van der Waals surface area contributed by atoms with E-state index in [0.29, 0.717) is 30.8 Å². The lowest BCUT2D eigenvalue weighted by molar-refractivity contribution is -0.145. The van der Waals surface area contributed by atoms with Crippen molar-refractivity contribution in [1.29, 1.82) is 0 Å². The Morgan fingerprint density at radius 1 is 1.48 bits per heavy atom. The van der Waals surface area contributed by atoms with E-state index in [1.165, 1.54) is 12.8 Å². The number of hydrogen-bond acceptors (Lipinski definition) is 3. The maximum absolute atomic E-state index is 12.6. The van der Waals surface area contributed by atoms with Crippen molar-refractivity contribution >= 4 is 18.3 Å². The number of nitrogens with one attached hydrogen (secondary N) is 1. The third-order valence-corrected chi connectivity index (χ3v) is 4.90. The quantitative estimate of drug-likeness (QED) is 0.865. The lowest BCUT2D eigenvalue weighted by Crippen LogP contribution is -2.51. The van der Waals surface area contributed by atoms with Crippen LogP contribution < -0.4 is 5.32 Å². The zero-order chi connectivity index (χ0) is 14.5. The Bertz CT molecular complexity index is 321. The van der Waals surface area contributed by atoms with Gasteiger partial charge in [-0.1, -0.05) is 13.8 Å². The average molecular weight is 319 g/mol. The molecule has 2 fully saturated rings. The largest absolute Gasteiger partial charge is 0.375 e. The molecule has 1 amide bonds. The van der Waals surface area contributed by atoms with E-state index in [-0.39, 0.29) is 24.6 Å². The maximum Gasteiger partial charge on any atom is 0.223 e. The van der Waals surface area contributed by atoms with E-state index in [2.05, 4.69) is 31.0 Å². The van der Waals surface area contributed by atoms with Crippen molar-refractivity contribution in [2.75, 3.05) is 26.2 Å². The molecule has 0 saturated carbocycles. The first-order valence-electron chi connectivity index (χ1n) is 8.23. The molecule has 0 radical (unpaired) electrons. The summed E-state index contributed by atoms with van der Waals surface area (Å²) in [6, 6.07) is 0.274. The van der Waals surface area contributed by atoms with Gasteiger partial charge in [-0.3, -0.25) is 4.79 Å². The molecule has 0 aromatic heterocycles. The normalized spacial score (nSPS) is 31.4. The molecule has 2 aliphatic rings. The molecule has 4 atom stereocenters. The number of morpholine rings is 1. The number of halogens is 1. The van der Waals surface area contributed by atoms with Gasteiger partial charge < -0.3 is 15.0 Å². The van der Waals surface area contributed by atoms with E-state index in [1.54, 1.807) is 0 Å². The highest BCUT2D eigenvalue weighted by Gasteiger charge is 2.31. The third-order valence-electron chi connectivity index (χ3n) is 4.90. The van der Waals surface area contributed by atoms with Crippen LogP contribution in [-0.4, -0.2) is 49.2 Å². The van der Waals surface area contributed by atoms with Gasteiger partial charge >= 0.3 is 0 Å². The number of ether oxygens (including phenoxy) is 1. The van der Waals surface area contributed by atoms with Gasteiger partial charge in [-0.05, 0) is 51.1 Å². The molecular formula is C16H31ClN2O2. The fraction of sp³-hybridized carbons (Fsp3) is 0.938. The van der Waals surface area contributed by atoms with Crippen molar-refractivity contribution in [1.82, 2.24) is 10.2 Å². The Hall–Kier alpha value is -0.320. The highest BCUT2D eigenvalue weighted by Crippen LogP contribution is 2.25. The first-order valence-corrected chi connectivity index (χ1v) is 8.23. The Balaban J connectivity index is 0.00000220.